The highest BCUT2D eigenvalue weighted by atomic mass is 79.9. The second kappa shape index (κ2) is 8.61. The van der Waals surface area contributed by atoms with Gasteiger partial charge in [-0.25, -0.2) is 0 Å². The Kier molecular flexibility index (Phi) is 6.23. The Hall–Kier alpha value is -1.97. The van der Waals surface area contributed by atoms with E-state index in [2.05, 4.69) is 59.4 Å². The Balaban J connectivity index is 1.73. The van der Waals surface area contributed by atoms with Gasteiger partial charge in [0.1, 0.15) is 12.4 Å². The molecule has 3 aromatic carbocycles. The molecule has 0 bridgehead atoms. The SMILES string of the molecule is Cc1ccc(NCc2cc(Br)ccc2OCc2cccc(Cl)c2)c(C)c1. The molecule has 0 saturated carbocycles. The van der Waals surface area contributed by atoms with E-state index >= 15 is 0 Å². The van der Waals surface area contributed by atoms with Crippen molar-refractivity contribution in [2.45, 2.75) is 27.0 Å². The fraction of sp³-hybridized carbons (Fsp3) is 0.182. The van der Waals surface area contributed by atoms with E-state index in [-0.39, 0.29) is 0 Å². The maximum atomic E-state index is 6.05. The number of rotatable bonds is 6. The molecule has 3 aromatic rings. The van der Waals surface area contributed by atoms with Crippen molar-refractivity contribution in [2.24, 2.45) is 0 Å². The second-order valence-electron chi connectivity index (χ2n) is 6.34. The van der Waals surface area contributed by atoms with Gasteiger partial charge in [0.2, 0.25) is 0 Å². The average Bonchev–Trinajstić information content (AvgIpc) is 2.60. The lowest BCUT2D eigenvalue weighted by molar-refractivity contribution is 0.303. The molecule has 0 unspecified atom stereocenters. The van der Waals surface area contributed by atoms with E-state index in [0.717, 1.165) is 32.1 Å². The third-order valence-electron chi connectivity index (χ3n) is 4.16. The zero-order valence-corrected chi connectivity index (χ0v) is 17.2. The minimum atomic E-state index is 0.485. The molecule has 2 nitrogen and oxygen atoms in total. The summed E-state index contributed by atoms with van der Waals surface area (Å²) in [5.41, 5.74) is 5.79. The van der Waals surface area contributed by atoms with Crippen LogP contribution in [0.5, 0.6) is 5.75 Å². The first kappa shape index (κ1) is 18.8. The first-order chi connectivity index (χ1) is 12.5. The molecule has 0 amide bonds. The summed E-state index contributed by atoms with van der Waals surface area (Å²) in [4.78, 5) is 0. The lowest BCUT2D eigenvalue weighted by atomic mass is 10.1. The number of halogens is 2. The van der Waals surface area contributed by atoms with Crippen molar-refractivity contribution in [3.05, 3.63) is 92.4 Å². The highest BCUT2D eigenvalue weighted by Gasteiger charge is 2.07. The molecule has 0 atom stereocenters. The molecule has 0 heterocycles. The summed E-state index contributed by atoms with van der Waals surface area (Å²) in [6.07, 6.45) is 0. The normalized spacial score (nSPS) is 10.6. The number of benzene rings is 3. The zero-order valence-electron chi connectivity index (χ0n) is 14.9. The molecule has 0 aliphatic heterocycles. The van der Waals surface area contributed by atoms with E-state index in [1.165, 1.54) is 11.1 Å². The molecule has 0 saturated heterocycles. The van der Waals surface area contributed by atoms with Gasteiger partial charge in [-0.05, 0) is 61.4 Å². The summed E-state index contributed by atoms with van der Waals surface area (Å²) in [6.45, 7) is 5.40. The Morgan fingerprint density at radius 2 is 1.85 bits per heavy atom. The summed E-state index contributed by atoms with van der Waals surface area (Å²) < 4.78 is 7.08. The number of aryl methyl sites for hydroxylation is 2. The van der Waals surface area contributed by atoms with Crippen LogP contribution in [-0.4, -0.2) is 0 Å². The molecular weight excluding hydrogens is 410 g/mol. The Labute approximate surface area is 168 Å². The molecule has 134 valence electrons. The van der Waals surface area contributed by atoms with Gasteiger partial charge < -0.3 is 10.1 Å². The molecular formula is C22H21BrClNO. The highest BCUT2D eigenvalue weighted by Crippen LogP contribution is 2.26. The minimum Gasteiger partial charge on any atom is -0.489 e. The van der Waals surface area contributed by atoms with Crippen LogP contribution < -0.4 is 10.1 Å². The summed E-state index contributed by atoms with van der Waals surface area (Å²) >= 11 is 9.60. The van der Waals surface area contributed by atoms with E-state index < -0.39 is 0 Å². The Bertz CT molecular complexity index is 910. The van der Waals surface area contributed by atoms with Gasteiger partial charge >= 0.3 is 0 Å². The molecule has 1 N–H and O–H groups in total. The second-order valence-corrected chi connectivity index (χ2v) is 7.69. The number of anilines is 1. The Morgan fingerprint density at radius 3 is 2.62 bits per heavy atom. The van der Waals surface area contributed by atoms with Gasteiger partial charge in [-0.15, -0.1) is 0 Å². The van der Waals surface area contributed by atoms with Crippen molar-refractivity contribution >= 4 is 33.2 Å². The van der Waals surface area contributed by atoms with Gasteiger partial charge in [-0.3, -0.25) is 0 Å². The van der Waals surface area contributed by atoms with Crippen LogP contribution in [0, 0.1) is 13.8 Å². The maximum Gasteiger partial charge on any atom is 0.124 e. The first-order valence-corrected chi connectivity index (χ1v) is 9.65. The van der Waals surface area contributed by atoms with Gasteiger partial charge in [0, 0.05) is 27.3 Å². The first-order valence-electron chi connectivity index (χ1n) is 8.48. The van der Waals surface area contributed by atoms with E-state index in [0.29, 0.717) is 13.2 Å². The van der Waals surface area contributed by atoms with Crippen molar-refractivity contribution in [3.63, 3.8) is 0 Å². The topological polar surface area (TPSA) is 21.3 Å². The monoisotopic (exact) mass is 429 g/mol. The number of ether oxygens (including phenoxy) is 1. The summed E-state index contributed by atoms with van der Waals surface area (Å²) in [6, 6.07) is 20.2. The van der Waals surface area contributed by atoms with Crippen LogP contribution in [-0.2, 0) is 13.2 Å². The van der Waals surface area contributed by atoms with E-state index in [1.807, 2.05) is 36.4 Å². The van der Waals surface area contributed by atoms with Crippen LogP contribution in [0.1, 0.15) is 22.3 Å². The lowest BCUT2D eigenvalue weighted by Crippen LogP contribution is -2.05. The molecule has 3 rings (SSSR count). The fourth-order valence-electron chi connectivity index (χ4n) is 2.82. The summed E-state index contributed by atoms with van der Waals surface area (Å²) in [7, 11) is 0. The van der Waals surface area contributed by atoms with Crippen LogP contribution >= 0.6 is 27.5 Å². The molecule has 0 aliphatic carbocycles. The van der Waals surface area contributed by atoms with Crippen molar-refractivity contribution in [2.75, 3.05) is 5.32 Å². The predicted molar refractivity (Wildman–Crippen MR) is 113 cm³/mol. The third-order valence-corrected chi connectivity index (χ3v) is 4.89. The minimum absolute atomic E-state index is 0.485. The summed E-state index contributed by atoms with van der Waals surface area (Å²) in [5, 5.41) is 4.23. The maximum absolute atomic E-state index is 6.05. The lowest BCUT2D eigenvalue weighted by Gasteiger charge is -2.15. The smallest absolute Gasteiger partial charge is 0.124 e. The Morgan fingerprint density at radius 1 is 1.00 bits per heavy atom. The van der Waals surface area contributed by atoms with Gasteiger partial charge in [-0.2, -0.15) is 0 Å². The van der Waals surface area contributed by atoms with Crippen LogP contribution in [0.3, 0.4) is 0 Å². The number of hydrogen-bond donors (Lipinski definition) is 1. The molecule has 26 heavy (non-hydrogen) atoms. The molecule has 4 heteroatoms. The van der Waals surface area contributed by atoms with Crippen molar-refractivity contribution in [3.8, 4) is 5.75 Å². The van der Waals surface area contributed by atoms with Crippen molar-refractivity contribution < 1.29 is 4.74 Å². The van der Waals surface area contributed by atoms with Crippen molar-refractivity contribution in [1.82, 2.24) is 0 Å². The van der Waals surface area contributed by atoms with Crippen molar-refractivity contribution in [1.29, 1.82) is 0 Å². The number of nitrogens with one attached hydrogen (secondary N) is 1. The predicted octanol–water partition coefficient (Wildman–Crippen LogP) is 6.91. The fourth-order valence-corrected chi connectivity index (χ4v) is 3.44. The largest absolute Gasteiger partial charge is 0.489 e. The molecule has 0 fully saturated rings. The zero-order chi connectivity index (χ0) is 18.5. The van der Waals surface area contributed by atoms with Gasteiger partial charge in [0.15, 0.2) is 0 Å². The van der Waals surface area contributed by atoms with Crippen LogP contribution in [0.15, 0.2) is 65.1 Å². The summed E-state index contributed by atoms with van der Waals surface area (Å²) in [5.74, 6) is 0.866. The van der Waals surface area contributed by atoms with Gasteiger partial charge in [-0.1, -0.05) is 57.4 Å². The molecule has 0 radical (unpaired) electrons. The highest BCUT2D eigenvalue weighted by molar-refractivity contribution is 9.10. The molecule has 0 spiro atoms. The van der Waals surface area contributed by atoms with Gasteiger partial charge in [0.05, 0.1) is 0 Å². The van der Waals surface area contributed by atoms with E-state index in [9.17, 15) is 0 Å². The van der Waals surface area contributed by atoms with Crippen LogP contribution in [0.25, 0.3) is 0 Å². The molecule has 0 aromatic heterocycles. The molecule has 0 aliphatic rings. The van der Waals surface area contributed by atoms with E-state index in [4.69, 9.17) is 16.3 Å². The standard InChI is InChI=1S/C22H21BrClNO/c1-15-6-8-21(16(2)10-15)25-13-18-12-19(23)7-9-22(18)26-14-17-4-3-5-20(24)11-17/h3-12,25H,13-14H2,1-2H3. The average molecular weight is 431 g/mol. The van der Waals surface area contributed by atoms with E-state index in [1.54, 1.807) is 0 Å². The third kappa shape index (κ3) is 5.03. The van der Waals surface area contributed by atoms with Gasteiger partial charge in [0.25, 0.3) is 0 Å². The number of hydrogen-bond acceptors (Lipinski definition) is 2. The van der Waals surface area contributed by atoms with Crippen LogP contribution in [0.4, 0.5) is 5.69 Å². The quantitative estimate of drug-likeness (QED) is 0.458. The van der Waals surface area contributed by atoms with Crippen LogP contribution in [0.2, 0.25) is 5.02 Å².